The summed E-state index contributed by atoms with van der Waals surface area (Å²) < 4.78 is 10.2. The van der Waals surface area contributed by atoms with Gasteiger partial charge in [0.05, 0.1) is 6.20 Å². The topological polar surface area (TPSA) is 104 Å². The van der Waals surface area contributed by atoms with Crippen LogP contribution in [-0.4, -0.2) is 30.4 Å². The van der Waals surface area contributed by atoms with Gasteiger partial charge in [0, 0.05) is 0 Å². The maximum atomic E-state index is 5.16. The molecule has 8 nitrogen and oxygen atoms in total. The van der Waals surface area contributed by atoms with Crippen LogP contribution in [0.25, 0.3) is 33.7 Å². The van der Waals surface area contributed by atoms with Gasteiger partial charge in [0.2, 0.25) is 0 Å². The third-order valence-corrected chi connectivity index (χ3v) is 2.49. The fourth-order valence-corrected chi connectivity index (χ4v) is 1.68. The standard InChI is InChI=1S/C10H4N6O2/c1-5(14-16-10-6(1)11-3-18-10)8-9-7(2-13-15-8)17-4-12-9/h1-4H. The Bertz CT molecular complexity index is 851. The van der Waals surface area contributed by atoms with E-state index >= 15 is 0 Å². The van der Waals surface area contributed by atoms with Gasteiger partial charge in [-0.1, -0.05) is 0 Å². The summed E-state index contributed by atoms with van der Waals surface area (Å²) >= 11 is 0. The molecule has 0 spiro atoms. The van der Waals surface area contributed by atoms with Crippen LogP contribution in [0.5, 0.6) is 0 Å². The quantitative estimate of drug-likeness (QED) is 0.489. The monoisotopic (exact) mass is 240 g/mol. The number of oxazole rings is 2. The van der Waals surface area contributed by atoms with Crippen molar-refractivity contribution in [3.05, 3.63) is 25.1 Å². The van der Waals surface area contributed by atoms with E-state index in [4.69, 9.17) is 8.83 Å². The first-order valence-electron chi connectivity index (χ1n) is 5.04. The van der Waals surface area contributed by atoms with E-state index in [2.05, 4.69) is 30.4 Å². The average Bonchev–Trinajstić information content (AvgIpc) is 3.05. The van der Waals surface area contributed by atoms with Gasteiger partial charge in [0.1, 0.15) is 22.4 Å². The lowest BCUT2D eigenvalue weighted by Gasteiger charge is -1.97. The summed E-state index contributed by atoms with van der Waals surface area (Å²) in [6, 6.07) is 1.71. The highest BCUT2D eigenvalue weighted by Gasteiger charge is 2.13. The molecule has 0 aliphatic rings. The Morgan fingerprint density at radius 3 is 2.89 bits per heavy atom. The van der Waals surface area contributed by atoms with Crippen LogP contribution >= 0.6 is 0 Å². The van der Waals surface area contributed by atoms with E-state index in [1.54, 1.807) is 6.07 Å². The van der Waals surface area contributed by atoms with Crippen LogP contribution in [0, 0.1) is 0 Å². The maximum Gasteiger partial charge on any atom is 0.266 e. The van der Waals surface area contributed by atoms with Gasteiger partial charge in [-0.25, -0.2) is 9.97 Å². The van der Waals surface area contributed by atoms with Gasteiger partial charge in [-0.2, -0.15) is 5.10 Å². The van der Waals surface area contributed by atoms with Crippen molar-refractivity contribution in [2.75, 3.05) is 0 Å². The molecule has 0 aliphatic heterocycles. The molecule has 4 heterocycles. The van der Waals surface area contributed by atoms with E-state index < -0.39 is 0 Å². The molecule has 0 fully saturated rings. The Labute approximate surface area is 98.7 Å². The second-order valence-corrected chi connectivity index (χ2v) is 3.53. The van der Waals surface area contributed by atoms with Crippen LogP contribution in [-0.2, 0) is 0 Å². The Hall–Kier alpha value is -2.90. The number of rotatable bonds is 1. The highest BCUT2D eigenvalue weighted by Crippen LogP contribution is 2.23. The van der Waals surface area contributed by atoms with Crippen molar-refractivity contribution in [2.45, 2.75) is 0 Å². The second-order valence-electron chi connectivity index (χ2n) is 3.53. The lowest BCUT2D eigenvalue weighted by Crippen LogP contribution is -1.93. The molecule has 0 unspecified atom stereocenters. The van der Waals surface area contributed by atoms with Crippen LogP contribution in [0.3, 0.4) is 0 Å². The van der Waals surface area contributed by atoms with E-state index in [0.29, 0.717) is 33.7 Å². The predicted molar refractivity (Wildman–Crippen MR) is 58.2 cm³/mol. The summed E-state index contributed by atoms with van der Waals surface area (Å²) in [7, 11) is 0. The molecular formula is C10H4N6O2. The van der Waals surface area contributed by atoms with E-state index in [1.165, 1.54) is 19.0 Å². The first-order valence-corrected chi connectivity index (χ1v) is 5.04. The summed E-state index contributed by atoms with van der Waals surface area (Å²) in [6.45, 7) is 0. The highest BCUT2D eigenvalue weighted by molar-refractivity contribution is 5.87. The van der Waals surface area contributed by atoms with Crippen LogP contribution in [0.1, 0.15) is 0 Å². The molecule has 4 aromatic rings. The van der Waals surface area contributed by atoms with Gasteiger partial charge in [0.15, 0.2) is 18.4 Å². The minimum absolute atomic E-state index is 0.374. The van der Waals surface area contributed by atoms with Crippen LogP contribution in [0.2, 0.25) is 0 Å². The van der Waals surface area contributed by atoms with E-state index in [9.17, 15) is 0 Å². The van der Waals surface area contributed by atoms with Gasteiger partial charge in [-0.3, -0.25) is 0 Å². The zero-order valence-electron chi connectivity index (χ0n) is 8.81. The Morgan fingerprint density at radius 2 is 1.89 bits per heavy atom. The van der Waals surface area contributed by atoms with Gasteiger partial charge >= 0.3 is 0 Å². The van der Waals surface area contributed by atoms with Crippen LogP contribution < -0.4 is 0 Å². The SMILES string of the molecule is c1nc2c(-c3cc4ncoc4nn3)nncc2o1. The Balaban J connectivity index is 2.03. The third kappa shape index (κ3) is 1.19. The van der Waals surface area contributed by atoms with Crippen molar-refractivity contribution in [1.29, 1.82) is 0 Å². The van der Waals surface area contributed by atoms with Crippen molar-refractivity contribution in [2.24, 2.45) is 0 Å². The normalized spacial score (nSPS) is 11.3. The van der Waals surface area contributed by atoms with Gasteiger partial charge in [-0.05, 0) is 6.07 Å². The van der Waals surface area contributed by atoms with Gasteiger partial charge in [0.25, 0.3) is 5.71 Å². The lowest BCUT2D eigenvalue weighted by molar-refractivity contribution is 0.585. The molecule has 4 aromatic heterocycles. The van der Waals surface area contributed by atoms with Crippen molar-refractivity contribution in [3.63, 3.8) is 0 Å². The molecule has 0 amide bonds. The number of fused-ring (bicyclic) bond motifs is 2. The highest BCUT2D eigenvalue weighted by atomic mass is 16.3. The van der Waals surface area contributed by atoms with E-state index in [0.717, 1.165) is 0 Å². The molecule has 0 N–H and O–H groups in total. The van der Waals surface area contributed by atoms with Crippen LogP contribution in [0.15, 0.2) is 33.9 Å². The molecule has 0 atom stereocenters. The summed E-state index contributed by atoms with van der Waals surface area (Å²) in [6.07, 6.45) is 4.14. The summed E-state index contributed by atoms with van der Waals surface area (Å²) in [4.78, 5) is 8.09. The van der Waals surface area contributed by atoms with Crippen LogP contribution in [0.4, 0.5) is 0 Å². The summed E-state index contributed by atoms with van der Waals surface area (Å²) in [5.41, 5.74) is 3.12. The maximum absolute atomic E-state index is 5.16. The average molecular weight is 240 g/mol. The first kappa shape index (κ1) is 9.16. The molecule has 0 saturated carbocycles. The number of hydrogen-bond acceptors (Lipinski definition) is 8. The molecule has 0 bridgehead atoms. The fourth-order valence-electron chi connectivity index (χ4n) is 1.68. The summed E-state index contributed by atoms with van der Waals surface area (Å²) in [5, 5.41) is 15.8. The van der Waals surface area contributed by atoms with E-state index in [-0.39, 0.29) is 0 Å². The van der Waals surface area contributed by atoms with Crippen molar-refractivity contribution < 1.29 is 8.83 Å². The molecule has 0 saturated heterocycles. The molecular weight excluding hydrogens is 236 g/mol. The molecule has 0 radical (unpaired) electrons. The fraction of sp³-hybridized carbons (Fsp3) is 0. The van der Waals surface area contributed by atoms with E-state index in [1.807, 2.05) is 0 Å². The molecule has 4 rings (SSSR count). The molecule has 18 heavy (non-hydrogen) atoms. The number of aromatic nitrogens is 6. The largest absolute Gasteiger partial charge is 0.442 e. The predicted octanol–water partition coefficient (Wildman–Crippen LogP) is 1.22. The second kappa shape index (κ2) is 3.29. The molecule has 0 aromatic carbocycles. The minimum atomic E-state index is 0.374. The Morgan fingerprint density at radius 1 is 0.944 bits per heavy atom. The third-order valence-electron chi connectivity index (χ3n) is 2.49. The number of nitrogens with zero attached hydrogens (tertiary/aromatic N) is 6. The van der Waals surface area contributed by atoms with Gasteiger partial charge in [-0.15, -0.1) is 15.3 Å². The molecule has 0 aliphatic carbocycles. The minimum Gasteiger partial charge on any atom is -0.442 e. The lowest BCUT2D eigenvalue weighted by atomic mass is 10.2. The first-order chi connectivity index (χ1) is 8.92. The molecule has 8 heteroatoms. The number of hydrogen-bond donors (Lipinski definition) is 0. The summed E-state index contributed by atoms with van der Waals surface area (Å²) in [5.74, 6) is 0. The van der Waals surface area contributed by atoms with Gasteiger partial charge < -0.3 is 8.83 Å². The van der Waals surface area contributed by atoms with Crippen molar-refractivity contribution >= 4 is 22.3 Å². The smallest absolute Gasteiger partial charge is 0.266 e. The Kier molecular flexibility index (Phi) is 1.68. The zero-order valence-corrected chi connectivity index (χ0v) is 8.81. The van der Waals surface area contributed by atoms with Crippen molar-refractivity contribution in [3.8, 4) is 11.4 Å². The zero-order chi connectivity index (χ0) is 11.9. The van der Waals surface area contributed by atoms with Crippen molar-refractivity contribution in [1.82, 2.24) is 30.4 Å². The molecule has 86 valence electrons.